The molecule has 0 saturated heterocycles. The average Bonchev–Trinajstić information content (AvgIpc) is 1.93. The van der Waals surface area contributed by atoms with Gasteiger partial charge in [0.05, 0.1) is 0 Å². The zero-order chi connectivity index (χ0) is 6.69. The fourth-order valence-corrected chi connectivity index (χ4v) is 1.06. The van der Waals surface area contributed by atoms with Gasteiger partial charge in [0.25, 0.3) is 0 Å². The van der Waals surface area contributed by atoms with Gasteiger partial charge in [-0.05, 0) is 18.9 Å². The molecule has 1 unspecified atom stereocenters. The van der Waals surface area contributed by atoms with E-state index in [4.69, 9.17) is 11.6 Å². The van der Waals surface area contributed by atoms with Gasteiger partial charge in [0.1, 0.15) is 5.50 Å². The van der Waals surface area contributed by atoms with E-state index in [1.165, 1.54) is 0 Å². The van der Waals surface area contributed by atoms with Crippen LogP contribution < -0.4 is 5.32 Å². The van der Waals surface area contributed by atoms with Crippen LogP contribution in [-0.2, 0) is 0 Å². The Balaban J connectivity index is 2.50. The van der Waals surface area contributed by atoms with Gasteiger partial charge in [0.2, 0.25) is 0 Å². The first-order chi connectivity index (χ1) is 4.29. The molecular formula is C7H10ClN. The summed E-state index contributed by atoms with van der Waals surface area (Å²) in [6, 6.07) is 0. The normalized spacial score (nSPS) is 27.2. The smallest absolute Gasteiger partial charge is 0.102 e. The van der Waals surface area contributed by atoms with Gasteiger partial charge in [-0.15, -0.1) is 0 Å². The van der Waals surface area contributed by atoms with Gasteiger partial charge in [-0.3, -0.25) is 0 Å². The average molecular weight is 144 g/mol. The standard InChI is InChI=1S/C7H10ClN/c1-6-4-2-3-5-7(8)9-6/h2,4,7,9H,1,3,5H2. The van der Waals surface area contributed by atoms with Gasteiger partial charge >= 0.3 is 0 Å². The first-order valence-corrected chi connectivity index (χ1v) is 3.49. The number of hydrogen-bond donors (Lipinski definition) is 1. The number of hydrogen-bond acceptors (Lipinski definition) is 1. The van der Waals surface area contributed by atoms with Gasteiger partial charge in [-0.25, -0.2) is 0 Å². The molecule has 0 radical (unpaired) electrons. The predicted molar refractivity (Wildman–Crippen MR) is 40.3 cm³/mol. The second kappa shape index (κ2) is 2.92. The number of allylic oxidation sites excluding steroid dienone is 2. The van der Waals surface area contributed by atoms with E-state index in [9.17, 15) is 0 Å². The van der Waals surface area contributed by atoms with E-state index in [0.29, 0.717) is 0 Å². The number of rotatable bonds is 0. The molecule has 0 aromatic heterocycles. The molecule has 0 amide bonds. The minimum absolute atomic E-state index is 0.0625. The summed E-state index contributed by atoms with van der Waals surface area (Å²) >= 11 is 5.80. The molecule has 2 heteroatoms. The molecule has 0 aromatic rings. The Morgan fingerprint density at radius 3 is 3.33 bits per heavy atom. The van der Waals surface area contributed by atoms with Crippen LogP contribution in [0.5, 0.6) is 0 Å². The van der Waals surface area contributed by atoms with Crippen LogP contribution >= 0.6 is 11.6 Å². The predicted octanol–water partition coefficient (Wildman–Crippen LogP) is 2.00. The molecular weight excluding hydrogens is 134 g/mol. The van der Waals surface area contributed by atoms with Crippen molar-refractivity contribution in [1.82, 2.24) is 5.32 Å². The van der Waals surface area contributed by atoms with Crippen molar-refractivity contribution in [3.8, 4) is 0 Å². The highest BCUT2D eigenvalue weighted by atomic mass is 35.5. The molecule has 0 spiro atoms. The maximum absolute atomic E-state index is 5.80. The lowest BCUT2D eigenvalue weighted by molar-refractivity contribution is 0.703. The Bertz CT molecular complexity index is 140. The topological polar surface area (TPSA) is 12.0 Å². The highest BCUT2D eigenvalue weighted by molar-refractivity contribution is 6.20. The lowest BCUT2D eigenvalue weighted by atomic mass is 10.3. The first kappa shape index (κ1) is 6.69. The maximum atomic E-state index is 5.80. The van der Waals surface area contributed by atoms with Crippen molar-refractivity contribution in [3.63, 3.8) is 0 Å². The van der Waals surface area contributed by atoms with Gasteiger partial charge in [-0.2, -0.15) is 0 Å². The van der Waals surface area contributed by atoms with Gasteiger partial charge < -0.3 is 5.32 Å². The fraction of sp³-hybridized carbons (Fsp3) is 0.429. The lowest BCUT2D eigenvalue weighted by Crippen LogP contribution is -2.19. The Labute approximate surface area is 60.4 Å². The Kier molecular flexibility index (Phi) is 2.17. The van der Waals surface area contributed by atoms with Gasteiger partial charge in [0, 0.05) is 5.70 Å². The van der Waals surface area contributed by atoms with Crippen molar-refractivity contribution >= 4 is 11.6 Å². The van der Waals surface area contributed by atoms with Gasteiger partial charge in [-0.1, -0.05) is 24.3 Å². The molecule has 1 N–H and O–H groups in total. The van der Waals surface area contributed by atoms with Crippen LogP contribution in [-0.4, -0.2) is 5.50 Å². The van der Waals surface area contributed by atoms with Crippen molar-refractivity contribution in [3.05, 3.63) is 24.4 Å². The van der Waals surface area contributed by atoms with Crippen LogP contribution in [0.2, 0.25) is 0 Å². The summed E-state index contributed by atoms with van der Waals surface area (Å²) in [5.41, 5.74) is 0.972. The summed E-state index contributed by atoms with van der Waals surface area (Å²) in [6.07, 6.45) is 6.07. The van der Waals surface area contributed by atoms with Crippen LogP contribution in [0, 0.1) is 0 Å². The van der Waals surface area contributed by atoms with Crippen molar-refractivity contribution in [2.24, 2.45) is 0 Å². The second-order valence-electron chi connectivity index (χ2n) is 2.12. The zero-order valence-corrected chi connectivity index (χ0v) is 5.99. The quantitative estimate of drug-likeness (QED) is 0.404. The summed E-state index contributed by atoms with van der Waals surface area (Å²) in [5, 5.41) is 3.03. The van der Waals surface area contributed by atoms with E-state index < -0.39 is 0 Å². The minimum atomic E-state index is 0.0625. The van der Waals surface area contributed by atoms with E-state index in [0.717, 1.165) is 18.5 Å². The molecule has 1 aliphatic heterocycles. The Hall–Kier alpha value is -0.430. The minimum Gasteiger partial charge on any atom is -0.370 e. The van der Waals surface area contributed by atoms with Crippen molar-refractivity contribution in [1.29, 1.82) is 0 Å². The molecule has 1 heterocycles. The highest BCUT2D eigenvalue weighted by Gasteiger charge is 2.04. The molecule has 0 aromatic carbocycles. The monoisotopic (exact) mass is 143 g/mol. The first-order valence-electron chi connectivity index (χ1n) is 3.05. The second-order valence-corrected chi connectivity index (χ2v) is 2.64. The molecule has 1 rings (SSSR count). The van der Waals surface area contributed by atoms with E-state index in [1.807, 2.05) is 6.08 Å². The molecule has 0 saturated carbocycles. The summed E-state index contributed by atoms with van der Waals surface area (Å²) in [4.78, 5) is 0. The van der Waals surface area contributed by atoms with Crippen LogP contribution in [0.15, 0.2) is 24.4 Å². The summed E-state index contributed by atoms with van der Waals surface area (Å²) in [7, 11) is 0. The molecule has 0 bridgehead atoms. The summed E-state index contributed by atoms with van der Waals surface area (Å²) < 4.78 is 0. The van der Waals surface area contributed by atoms with Crippen molar-refractivity contribution < 1.29 is 0 Å². The molecule has 1 aliphatic rings. The molecule has 0 fully saturated rings. The van der Waals surface area contributed by atoms with E-state index in [1.54, 1.807) is 0 Å². The van der Waals surface area contributed by atoms with Crippen LogP contribution in [0.4, 0.5) is 0 Å². The van der Waals surface area contributed by atoms with Crippen LogP contribution in [0.25, 0.3) is 0 Å². The van der Waals surface area contributed by atoms with Crippen LogP contribution in [0.1, 0.15) is 12.8 Å². The molecule has 1 atom stereocenters. The maximum Gasteiger partial charge on any atom is 0.102 e. The zero-order valence-electron chi connectivity index (χ0n) is 5.23. The van der Waals surface area contributed by atoms with Gasteiger partial charge in [0.15, 0.2) is 0 Å². The Morgan fingerprint density at radius 1 is 1.78 bits per heavy atom. The summed E-state index contributed by atoms with van der Waals surface area (Å²) in [5.74, 6) is 0. The van der Waals surface area contributed by atoms with Crippen LogP contribution in [0.3, 0.4) is 0 Å². The largest absolute Gasteiger partial charge is 0.370 e. The van der Waals surface area contributed by atoms with E-state index in [2.05, 4.69) is 18.0 Å². The highest BCUT2D eigenvalue weighted by Crippen LogP contribution is 2.09. The number of alkyl halides is 1. The SMILES string of the molecule is C=C1C=CCCC(Cl)N1. The number of nitrogens with one attached hydrogen (secondary N) is 1. The third-order valence-corrected chi connectivity index (χ3v) is 1.58. The number of halogens is 1. The van der Waals surface area contributed by atoms with E-state index in [-0.39, 0.29) is 5.50 Å². The molecule has 50 valence electrons. The molecule has 9 heavy (non-hydrogen) atoms. The van der Waals surface area contributed by atoms with Crippen molar-refractivity contribution in [2.45, 2.75) is 18.3 Å². The molecule has 1 nitrogen and oxygen atoms in total. The summed E-state index contributed by atoms with van der Waals surface area (Å²) in [6.45, 7) is 3.74. The Morgan fingerprint density at radius 2 is 2.56 bits per heavy atom. The molecule has 0 aliphatic carbocycles. The fourth-order valence-electron chi connectivity index (χ4n) is 0.790. The van der Waals surface area contributed by atoms with Crippen molar-refractivity contribution in [2.75, 3.05) is 0 Å². The lowest BCUT2D eigenvalue weighted by Gasteiger charge is -2.07. The van der Waals surface area contributed by atoms with E-state index >= 15 is 0 Å². The third-order valence-electron chi connectivity index (χ3n) is 1.25. The third kappa shape index (κ3) is 2.10.